The Morgan fingerprint density at radius 2 is 2.44 bits per heavy atom. The number of nitrogens with zero attached hydrogens (tertiary/aromatic N) is 2. The molecule has 0 radical (unpaired) electrons. The highest BCUT2D eigenvalue weighted by atomic mass is 19.1. The van der Waals surface area contributed by atoms with Crippen molar-refractivity contribution in [2.45, 2.75) is 12.5 Å². The molecule has 16 heavy (non-hydrogen) atoms. The summed E-state index contributed by atoms with van der Waals surface area (Å²) in [6.45, 7) is 1.35. The molecule has 1 aromatic heterocycles. The van der Waals surface area contributed by atoms with Crippen LogP contribution in [0.15, 0.2) is 18.3 Å². The molecule has 1 aliphatic heterocycles. The maximum absolute atomic E-state index is 12.6. The highest BCUT2D eigenvalue weighted by Crippen LogP contribution is 2.19. The standard InChI is InChI=1S/C10H12FN3O2/c11-9-2-1-8(5-12-9)14-4-3-7(6-14)13-10(15)16/h1-2,5,7,13H,3-4,6H2,(H,15,16)/t7-/m0/s1. The summed E-state index contributed by atoms with van der Waals surface area (Å²) in [5, 5.41) is 11.0. The summed E-state index contributed by atoms with van der Waals surface area (Å²) in [6, 6.07) is 2.88. The van der Waals surface area contributed by atoms with E-state index in [1.807, 2.05) is 4.90 Å². The normalized spacial score (nSPS) is 19.8. The van der Waals surface area contributed by atoms with Gasteiger partial charge in [-0.05, 0) is 18.6 Å². The molecule has 1 aliphatic rings. The first-order valence-corrected chi connectivity index (χ1v) is 5.01. The highest BCUT2D eigenvalue weighted by molar-refractivity contribution is 5.65. The molecule has 0 aromatic carbocycles. The molecule has 0 unspecified atom stereocenters. The van der Waals surface area contributed by atoms with E-state index in [-0.39, 0.29) is 6.04 Å². The zero-order valence-corrected chi connectivity index (χ0v) is 8.56. The summed E-state index contributed by atoms with van der Waals surface area (Å²) in [6.07, 6.45) is 1.20. The van der Waals surface area contributed by atoms with E-state index in [9.17, 15) is 9.18 Å². The second kappa shape index (κ2) is 4.34. The number of carbonyl (C=O) groups is 1. The van der Waals surface area contributed by atoms with Gasteiger partial charge in [-0.1, -0.05) is 0 Å². The predicted octanol–water partition coefficient (Wildman–Crippen LogP) is 1.07. The maximum Gasteiger partial charge on any atom is 0.404 e. The molecular weight excluding hydrogens is 213 g/mol. The molecule has 2 N–H and O–H groups in total. The van der Waals surface area contributed by atoms with Gasteiger partial charge >= 0.3 is 6.09 Å². The molecule has 2 heterocycles. The maximum atomic E-state index is 12.6. The van der Waals surface area contributed by atoms with Crippen LogP contribution in [0.2, 0.25) is 0 Å². The number of amides is 1. The van der Waals surface area contributed by atoms with Crippen molar-refractivity contribution in [2.24, 2.45) is 0 Å². The van der Waals surface area contributed by atoms with E-state index >= 15 is 0 Å². The highest BCUT2D eigenvalue weighted by Gasteiger charge is 2.23. The minimum Gasteiger partial charge on any atom is -0.465 e. The largest absolute Gasteiger partial charge is 0.465 e. The number of aromatic nitrogens is 1. The summed E-state index contributed by atoms with van der Waals surface area (Å²) in [5.41, 5.74) is 0.816. The van der Waals surface area contributed by atoms with Gasteiger partial charge in [0.2, 0.25) is 5.95 Å². The van der Waals surface area contributed by atoms with Gasteiger partial charge in [-0.2, -0.15) is 4.39 Å². The van der Waals surface area contributed by atoms with Crippen molar-refractivity contribution in [2.75, 3.05) is 18.0 Å². The van der Waals surface area contributed by atoms with Crippen molar-refractivity contribution in [3.05, 3.63) is 24.3 Å². The van der Waals surface area contributed by atoms with Gasteiger partial charge < -0.3 is 15.3 Å². The van der Waals surface area contributed by atoms with E-state index in [1.165, 1.54) is 12.3 Å². The first-order chi connectivity index (χ1) is 7.65. The first kappa shape index (κ1) is 10.7. The third-order valence-electron chi connectivity index (χ3n) is 2.59. The molecule has 0 bridgehead atoms. The van der Waals surface area contributed by atoms with Crippen LogP contribution in [0.3, 0.4) is 0 Å². The van der Waals surface area contributed by atoms with Gasteiger partial charge in [-0.25, -0.2) is 9.78 Å². The fourth-order valence-corrected chi connectivity index (χ4v) is 1.84. The number of hydrogen-bond donors (Lipinski definition) is 2. The Labute approximate surface area is 91.9 Å². The molecule has 2 rings (SSSR count). The second-order valence-electron chi connectivity index (χ2n) is 3.72. The van der Waals surface area contributed by atoms with Gasteiger partial charge in [0.1, 0.15) is 0 Å². The molecule has 1 aromatic rings. The SMILES string of the molecule is O=C(O)N[C@H]1CCN(c2ccc(F)nc2)C1. The lowest BCUT2D eigenvalue weighted by molar-refractivity contribution is 0.191. The van der Waals surface area contributed by atoms with Crippen molar-refractivity contribution in [3.63, 3.8) is 0 Å². The number of rotatable bonds is 2. The third kappa shape index (κ3) is 2.39. The quantitative estimate of drug-likeness (QED) is 0.739. The smallest absolute Gasteiger partial charge is 0.404 e. The van der Waals surface area contributed by atoms with E-state index in [0.29, 0.717) is 6.54 Å². The van der Waals surface area contributed by atoms with Crippen LogP contribution in [-0.4, -0.2) is 35.3 Å². The number of pyridine rings is 1. The number of carboxylic acid groups (broad SMARTS) is 1. The molecule has 1 amide bonds. The number of halogens is 1. The predicted molar refractivity (Wildman–Crippen MR) is 56.0 cm³/mol. The summed E-state index contributed by atoms with van der Waals surface area (Å²) < 4.78 is 12.6. The van der Waals surface area contributed by atoms with Gasteiger partial charge in [0, 0.05) is 13.1 Å². The molecule has 0 aliphatic carbocycles. The third-order valence-corrected chi connectivity index (χ3v) is 2.59. The molecule has 1 fully saturated rings. The summed E-state index contributed by atoms with van der Waals surface area (Å²) in [7, 11) is 0. The second-order valence-corrected chi connectivity index (χ2v) is 3.72. The monoisotopic (exact) mass is 225 g/mol. The van der Waals surface area contributed by atoms with Crippen LogP contribution in [-0.2, 0) is 0 Å². The van der Waals surface area contributed by atoms with E-state index < -0.39 is 12.0 Å². The van der Waals surface area contributed by atoms with E-state index in [4.69, 9.17) is 5.11 Å². The molecule has 0 saturated carbocycles. The number of nitrogens with one attached hydrogen (secondary N) is 1. The average molecular weight is 225 g/mol. The van der Waals surface area contributed by atoms with Crippen LogP contribution < -0.4 is 10.2 Å². The molecule has 6 heteroatoms. The van der Waals surface area contributed by atoms with Crippen LogP contribution >= 0.6 is 0 Å². The van der Waals surface area contributed by atoms with Crippen LogP contribution in [0.4, 0.5) is 14.9 Å². The molecule has 86 valence electrons. The molecule has 0 spiro atoms. The van der Waals surface area contributed by atoms with Crippen LogP contribution in [0.5, 0.6) is 0 Å². The molecule has 5 nitrogen and oxygen atoms in total. The van der Waals surface area contributed by atoms with E-state index in [0.717, 1.165) is 18.7 Å². The summed E-state index contributed by atoms with van der Waals surface area (Å²) in [4.78, 5) is 16.0. The zero-order chi connectivity index (χ0) is 11.5. The van der Waals surface area contributed by atoms with E-state index in [1.54, 1.807) is 6.07 Å². The van der Waals surface area contributed by atoms with Crippen molar-refractivity contribution in [1.29, 1.82) is 0 Å². The van der Waals surface area contributed by atoms with E-state index in [2.05, 4.69) is 10.3 Å². The van der Waals surface area contributed by atoms with Gasteiger partial charge in [-0.15, -0.1) is 0 Å². The Balaban J connectivity index is 1.98. The lowest BCUT2D eigenvalue weighted by atomic mass is 10.3. The molecular formula is C10H12FN3O2. The lowest BCUT2D eigenvalue weighted by Crippen LogP contribution is -2.36. The van der Waals surface area contributed by atoms with Gasteiger partial charge in [0.25, 0.3) is 0 Å². The first-order valence-electron chi connectivity index (χ1n) is 5.01. The minimum absolute atomic E-state index is 0.0671. The Morgan fingerprint density at radius 3 is 3.06 bits per heavy atom. The fourth-order valence-electron chi connectivity index (χ4n) is 1.84. The van der Waals surface area contributed by atoms with Gasteiger partial charge in [0.15, 0.2) is 0 Å². The Hall–Kier alpha value is -1.85. The van der Waals surface area contributed by atoms with Crippen molar-refractivity contribution in [1.82, 2.24) is 10.3 Å². The number of hydrogen-bond acceptors (Lipinski definition) is 3. The van der Waals surface area contributed by atoms with Crippen LogP contribution in [0, 0.1) is 5.95 Å². The number of anilines is 1. The van der Waals surface area contributed by atoms with Gasteiger partial charge in [-0.3, -0.25) is 0 Å². The fraction of sp³-hybridized carbons (Fsp3) is 0.400. The Kier molecular flexibility index (Phi) is 2.89. The lowest BCUT2D eigenvalue weighted by Gasteiger charge is -2.17. The van der Waals surface area contributed by atoms with Crippen molar-refractivity contribution >= 4 is 11.8 Å². The summed E-state index contributed by atoms with van der Waals surface area (Å²) in [5.74, 6) is -0.511. The van der Waals surface area contributed by atoms with Crippen LogP contribution in [0.1, 0.15) is 6.42 Å². The molecule has 1 atom stereocenters. The minimum atomic E-state index is -1.01. The Bertz CT molecular complexity index is 382. The Morgan fingerprint density at radius 1 is 1.62 bits per heavy atom. The molecule has 1 saturated heterocycles. The van der Waals surface area contributed by atoms with Crippen LogP contribution in [0.25, 0.3) is 0 Å². The van der Waals surface area contributed by atoms with Crippen molar-refractivity contribution < 1.29 is 14.3 Å². The van der Waals surface area contributed by atoms with Gasteiger partial charge in [0.05, 0.1) is 17.9 Å². The topological polar surface area (TPSA) is 65.5 Å². The zero-order valence-electron chi connectivity index (χ0n) is 8.56. The average Bonchev–Trinajstić information content (AvgIpc) is 2.66. The van der Waals surface area contributed by atoms with Crippen molar-refractivity contribution in [3.8, 4) is 0 Å². The summed E-state index contributed by atoms with van der Waals surface area (Å²) >= 11 is 0.